The first kappa shape index (κ1) is 10.9. The Kier molecular flexibility index (Phi) is 3.07. The van der Waals surface area contributed by atoms with Crippen molar-refractivity contribution in [1.29, 1.82) is 0 Å². The van der Waals surface area contributed by atoms with Crippen molar-refractivity contribution in [3.63, 3.8) is 0 Å². The largest absolute Gasteiger partial charge is 0.409 e. The fourth-order valence-electron chi connectivity index (χ4n) is 1.15. The Balaban J connectivity index is 2.55. The van der Waals surface area contributed by atoms with E-state index in [-0.39, 0.29) is 17.5 Å². The van der Waals surface area contributed by atoms with Crippen molar-refractivity contribution >= 4 is 29.7 Å². The number of nitrogens with zero attached hydrogens (tertiary/aromatic N) is 3. The van der Waals surface area contributed by atoms with Gasteiger partial charge in [-0.3, -0.25) is 4.79 Å². The van der Waals surface area contributed by atoms with Gasteiger partial charge in [0.1, 0.15) is 0 Å². The van der Waals surface area contributed by atoms with Crippen LogP contribution in [0.15, 0.2) is 24.4 Å². The van der Waals surface area contributed by atoms with Crippen LogP contribution in [0.3, 0.4) is 0 Å². The van der Waals surface area contributed by atoms with Gasteiger partial charge in [-0.25, -0.2) is 4.98 Å². The highest BCUT2D eigenvalue weighted by Gasteiger charge is 2.13. The molecule has 0 aromatic carbocycles. The minimum absolute atomic E-state index is 0.153. The van der Waals surface area contributed by atoms with E-state index in [1.807, 2.05) is 0 Å². The van der Waals surface area contributed by atoms with Gasteiger partial charge in [-0.05, 0) is 12.1 Å². The Morgan fingerprint density at radius 1 is 1.44 bits per heavy atom. The molecule has 5 nitrogen and oxygen atoms in total. The summed E-state index contributed by atoms with van der Waals surface area (Å²) in [6, 6.07) is 4.71. The molecule has 2 aromatic rings. The van der Waals surface area contributed by atoms with E-state index in [0.29, 0.717) is 10.8 Å². The molecule has 0 aliphatic carbocycles. The molecular formula is C9H5Cl2N3O2. The maximum atomic E-state index is 10.3. The third-order valence-corrected chi connectivity index (χ3v) is 2.24. The molecule has 0 atom stereocenters. The summed E-state index contributed by atoms with van der Waals surface area (Å²) in [4.78, 5) is 14.3. The number of ether oxygens (including phenoxy) is 1. The Labute approximate surface area is 101 Å². The summed E-state index contributed by atoms with van der Waals surface area (Å²) in [6.45, 7) is 0.278. The molecule has 2 heterocycles. The van der Waals surface area contributed by atoms with Crippen LogP contribution in [0, 0.1) is 0 Å². The Bertz CT molecular complexity index is 527. The van der Waals surface area contributed by atoms with Crippen LogP contribution in [0.4, 0.5) is 0 Å². The van der Waals surface area contributed by atoms with E-state index >= 15 is 0 Å². The smallest absolute Gasteiger partial charge is 0.299 e. The van der Waals surface area contributed by atoms with Crippen LogP contribution in [-0.2, 0) is 4.79 Å². The zero-order valence-electron chi connectivity index (χ0n) is 7.80. The minimum Gasteiger partial charge on any atom is -0.409 e. The SMILES string of the molecule is O=COc1cc(Cl)nn1-c1ncccc1Cl. The molecule has 0 saturated carbocycles. The first-order chi connectivity index (χ1) is 7.72. The average Bonchev–Trinajstić information content (AvgIpc) is 2.61. The first-order valence-corrected chi connectivity index (χ1v) is 4.94. The lowest BCUT2D eigenvalue weighted by atomic mass is 10.4. The molecule has 0 radical (unpaired) electrons. The number of hydrogen-bond acceptors (Lipinski definition) is 4. The molecule has 0 aliphatic rings. The second-order valence-corrected chi connectivity index (χ2v) is 3.53. The molecular weight excluding hydrogens is 253 g/mol. The van der Waals surface area contributed by atoms with Crippen LogP contribution in [0.5, 0.6) is 5.88 Å². The number of carbonyl (C=O) groups is 1. The monoisotopic (exact) mass is 257 g/mol. The molecule has 2 rings (SSSR count). The quantitative estimate of drug-likeness (QED) is 0.791. The number of halogens is 2. The van der Waals surface area contributed by atoms with Crippen molar-refractivity contribution in [2.45, 2.75) is 0 Å². The Morgan fingerprint density at radius 3 is 2.94 bits per heavy atom. The third kappa shape index (κ3) is 2.00. The van der Waals surface area contributed by atoms with Gasteiger partial charge < -0.3 is 4.74 Å². The van der Waals surface area contributed by atoms with Gasteiger partial charge in [-0.15, -0.1) is 0 Å². The summed E-state index contributed by atoms with van der Waals surface area (Å²) in [5.41, 5.74) is 0. The van der Waals surface area contributed by atoms with Crippen molar-refractivity contribution < 1.29 is 9.53 Å². The van der Waals surface area contributed by atoms with E-state index in [1.54, 1.807) is 18.3 Å². The third-order valence-electron chi connectivity index (χ3n) is 1.76. The maximum absolute atomic E-state index is 10.3. The van der Waals surface area contributed by atoms with E-state index in [2.05, 4.69) is 10.1 Å². The molecule has 0 fully saturated rings. The lowest BCUT2D eigenvalue weighted by Gasteiger charge is -2.04. The van der Waals surface area contributed by atoms with Crippen LogP contribution < -0.4 is 4.74 Å². The molecule has 0 aliphatic heterocycles. The lowest BCUT2D eigenvalue weighted by molar-refractivity contribution is -0.121. The number of pyridine rings is 1. The van der Waals surface area contributed by atoms with Crippen molar-refractivity contribution in [3.8, 4) is 11.7 Å². The first-order valence-electron chi connectivity index (χ1n) is 4.19. The van der Waals surface area contributed by atoms with Gasteiger partial charge in [0.15, 0.2) is 11.0 Å². The number of rotatable bonds is 3. The molecule has 0 N–H and O–H groups in total. The van der Waals surface area contributed by atoms with E-state index in [0.717, 1.165) is 0 Å². The highest BCUT2D eigenvalue weighted by Crippen LogP contribution is 2.24. The van der Waals surface area contributed by atoms with Crippen LogP contribution >= 0.6 is 23.2 Å². The highest BCUT2D eigenvalue weighted by molar-refractivity contribution is 6.32. The second-order valence-electron chi connectivity index (χ2n) is 2.74. The summed E-state index contributed by atoms with van der Waals surface area (Å²) in [6.07, 6.45) is 1.54. The van der Waals surface area contributed by atoms with Crippen LogP contribution in [0.1, 0.15) is 0 Å². The van der Waals surface area contributed by atoms with Gasteiger partial charge in [0.25, 0.3) is 6.47 Å². The van der Waals surface area contributed by atoms with Crippen molar-refractivity contribution in [2.24, 2.45) is 0 Å². The standard InChI is InChI=1S/C9H5Cl2N3O2/c10-6-2-1-3-12-9(6)14-8(16-5-15)4-7(11)13-14/h1-5H. The van der Waals surface area contributed by atoms with Crippen molar-refractivity contribution in [2.75, 3.05) is 0 Å². The van der Waals surface area contributed by atoms with E-state index in [9.17, 15) is 4.79 Å². The van der Waals surface area contributed by atoms with E-state index in [1.165, 1.54) is 10.7 Å². The Hall–Kier alpha value is -1.59. The number of carbonyl (C=O) groups excluding carboxylic acids is 1. The van der Waals surface area contributed by atoms with E-state index < -0.39 is 0 Å². The normalized spacial score (nSPS) is 10.1. The lowest BCUT2D eigenvalue weighted by Crippen LogP contribution is -2.03. The average molecular weight is 258 g/mol. The van der Waals surface area contributed by atoms with Gasteiger partial charge >= 0.3 is 0 Å². The van der Waals surface area contributed by atoms with Gasteiger partial charge in [-0.1, -0.05) is 23.2 Å². The maximum Gasteiger partial charge on any atom is 0.299 e. The fourth-order valence-corrected chi connectivity index (χ4v) is 1.53. The molecule has 82 valence electrons. The zero-order valence-corrected chi connectivity index (χ0v) is 9.31. The summed E-state index contributed by atoms with van der Waals surface area (Å²) in [5, 5.41) is 4.46. The van der Waals surface area contributed by atoms with Crippen LogP contribution in [0.25, 0.3) is 5.82 Å². The summed E-state index contributed by atoms with van der Waals surface area (Å²) in [7, 11) is 0. The van der Waals surface area contributed by atoms with Gasteiger partial charge in [0.2, 0.25) is 5.88 Å². The molecule has 0 spiro atoms. The van der Waals surface area contributed by atoms with Crippen LogP contribution in [-0.4, -0.2) is 21.2 Å². The summed E-state index contributed by atoms with van der Waals surface area (Å²) < 4.78 is 5.95. The topological polar surface area (TPSA) is 57.0 Å². The van der Waals surface area contributed by atoms with Crippen LogP contribution in [0.2, 0.25) is 10.2 Å². The fraction of sp³-hybridized carbons (Fsp3) is 0. The molecule has 2 aromatic heterocycles. The Morgan fingerprint density at radius 2 is 2.25 bits per heavy atom. The van der Waals surface area contributed by atoms with Gasteiger partial charge in [-0.2, -0.15) is 9.78 Å². The zero-order chi connectivity index (χ0) is 11.5. The number of aromatic nitrogens is 3. The highest BCUT2D eigenvalue weighted by atomic mass is 35.5. The summed E-state index contributed by atoms with van der Waals surface area (Å²) >= 11 is 11.6. The molecule has 16 heavy (non-hydrogen) atoms. The molecule has 0 unspecified atom stereocenters. The summed E-state index contributed by atoms with van der Waals surface area (Å²) in [5.74, 6) is 0.494. The molecule has 0 saturated heterocycles. The molecule has 0 amide bonds. The van der Waals surface area contributed by atoms with E-state index in [4.69, 9.17) is 27.9 Å². The van der Waals surface area contributed by atoms with Crippen molar-refractivity contribution in [1.82, 2.24) is 14.8 Å². The minimum atomic E-state index is 0.153. The molecule has 7 heteroatoms. The predicted octanol–water partition coefficient (Wildman–Crippen LogP) is 2.11. The number of hydrogen-bond donors (Lipinski definition) is 0. The second kappa shape index (κ2) is 4.51. The predicted molar refractivity (Wildman–Crippen MR) is 58.1 cm³/mol. The van der Waals surface area contributed by atoms with Gasteiger partial charge in [0, 0.05) is 12.3 Å². The molecule has 0 bridgehead atoms. The van der Waals surface area contributed by atoms with Crippen molar-refractivity contribution in [3.05, 3.63) is 34.6 Å². The van der Waals surface area contributed by atoms with Gasteiger partial charge in [0.05, 0.1) is 5.02 Å².